The van der Waals surface area contributed by atoms with Crippen LogP contribution in [0.3, 0.4) is 0 Å². The van der Waals surface area contributed by atoms with E-state index in [-0.39, 0.29) is 0 Å². The van der Waals surface area contributed by atoms with Gasteiger partial charge in [-0.3, -0.25) is 0 Å². The summed E-state index contributed by atoms with van der Waals surface area (Å²) in [5.74, 6) is 0.700. The fourth-order valence-electron chi connectivity index (χ4n) is 1.90. The average molecular weight is 345 g/mol. The molecule has 21 heavy (non-hydrogen) atoms. The number of nitrogens with one attached hydrogen (secondary N) is 1. The summed E-state index contributed by atoms with van der Waals surface area (Å²) in [5, 5.41) is 4.92. The van der Waals surface area contributed by atoms with Gasteiger partial charge in [-0.05, 0) is 30.3 Å². The third kappa shape index (κ3) is 4.52. The van der Waals surface area contributed by atoms with Crippen LogP contribution in [0.4, 0.5) is 0 Å². The molecule has 0 radical (unpaired) electrons. The molecule has 0 heterocycles. The van der Waals surface area contributed by atoms with Crippen molar-refractivity contribution in [1.82, 2.24) is 5.32 Å². The quantitative estimate of drug-likeness (QED) is 0.764. The monoisotopic (exact) mass is 343 g/mol. The van der Waals surface area contributed by atoms with Gasteiger partial charge in [0, 0.05) is 12.1 Å². The summed E-state index contributed by atoms with van der Waals surface area (Å²) in [4.78, 5) is 0. The van der Waals surface area contributed by atoms with Gasteiger partial charge in [-0.1, -0.05) is 59.9 Å². The standard InChI is InChI=1S/C16H16Cl3NO/c1-2-20-9-12-4-3-5-14(18)16(12)21-10-11-6-7-13(17)15(19)8-11/h3-8,20H,2,9-10H2,1H3. The fourth-order valence-corrected chi connectivity index (χ4v) is 2.47. The average Bonchev–Trinajstić information content (AvgIpc) is 2.47. The van der Waals surface area contributed by atoms with E-state index in [1.54, 1.807) is 12.1 Å². The molecular formula is C16H16Cl3NO. The Morgan fingerprint density at radius 1 is 1.00 bits per heavy atom. The second-order valence-electron chi connectivity index (χ2n) is 4.55. The number of rotatable bonds is 6. The van der Waals surface area contributed by atoms with Crippen molar-refractivity contribution in [2.45, 2.75) is 20.1 Å². The summed E-state index contributed by atoms with van der Waals surface area (Å²) in [5.41, 5.74) is 1.98. The van der Waals surface area contributed by atoms with Crippen molar-refractivity contribution in [3.05, 3.63) is 62.6 Å². The van der Waals surface area contributed by atoms with Gasteiger partial charge in [0.25, 0.3) is 0 Å². The number of halogens is 3. The summed E-state index contributed by atoms with van der Waals surface area (Å²) in [6, 6.07) is 11.2. The van der Waals surface area contributed by atoms with Crippen molar-refractivity contribution >= 4 is 34.8 Å². The van der Waals surface area contributed by atoms with Gasteiger partial charge >= 0.3 is 0 Å². The first-order chi connectivity index (χ1) is 10.1. The summed E-state index contributed by atoms with van der Waals surface area (Å²) >= 11 is 18.1. The highest BCUT2D eigenvalue weighted by Gasteiger charge is 2.09. The van der Waals surface area contributed by atoms with Crippen molar-refractivity contribution < 1.29 is 4.74 Å². The molecule has 0 spiro atoms. The zero-order valence-electron chi connectivity index (χ0n) is 11.6. The molecule has 1 N–H and O–H groups in total. The molecule has 0 unspecified atom stereocenters. The van der Waals surface area contributed by atoms with Crippen LogP contribution >= 0.6 is 34.8 Å². The Kier molecular flexibility index (Phi) is 6.19. The number of hydrogen-bond donors (Lipinski definition) is 1. The van der Waals surface area contributed by atoms with Crippen LogP contribution in [0, 0.1) is 0 Å². The number of hydrogen-bond acceptors (Lipinski definition) is 2. The molecule has 0 saturated carbocycles. The molecule has 0 aromatic heterocycles. The van der Waals surface area contributed by atoms with Crippen LogP contribution in [0.5, 0.6) is 5.75 Å². The van der Waals surface area contributed by atoms with Gasteiger partial charge in [0.2, 0.25) is 0 Å². The third-order valence-corrected chi connectivity index (χ3v) is 4.02. The molecular weight excluding hydrogens is 329 g/mol. The van der Waals surface area contributed by atoms with E-state index < -0.39 is 0 Å². The molecule has 0 saturated heterocycles. The number of ether oxygens (including phenoxy) is 1. The molecule has 5 heteroatoms. The van der Waals surface area contributed by atoms with E-state index in [1.165, 1.54) is 0 Å². The molecule has 0 aliphatic heterocycles. The van der Waals surface area contributed by atoms with Crippen molar-refractivity contribution in [3.63, 3.8) is 0 Å². The van der Waals surface area contributed by atoms with Crippen LogP contribution in [0.25, 0.3) is 0 Å². The zero-order chi connectivity index (χ0) is 15.2. The Morgan fingerprint density at radius 3 is 2.52 bits per heavy atom. The SMILES string of the molecule is CCNCc1cccc(Cl)c1OCc1ccc(Cl)c(Cl)c1. The normalized spacial score (nSPS) is 10.7. The Labute approximate surface area is 140 Å². The lowest BCUT2D eigenvalue weighted by Crippen LogP contribution is -2.13. The van der Waals surface area contributed by atoms with Crippen molar-refractivity contribution in [1.29, 1.82) is 0 Å². The maximum atomic E-state index is 6.23. The maximum Gasteiger partial charge on any atom is 0.142 e. The second-order valence-corrected chi connectivity index (χ2v) is 5.77. The first-order valence-corrected chi connectivity index (χ1v) is 7.80. The van der Waals surface area contributed by atoms with E-state index >= 15 is 0 Å². The van der Waals surface area contributed by atoms with Crippen molar-refractivity contribution in [3.8, 4) is 5.75 Å². The summed E-state index contributed by atoms with van der Waals surface area (Å²) in [6.07, 6.45) is 0. The van der Waals surface area contributed by atoms with Gasteiger partial charge in [0.15, 0.2) is 0 Å². The molecule has 0 aliphatic rings. The molecule has 2 aromatic rings. The number of benzene rings is 2. The van der Waals surface area contributed by atoms with Gasteiger partial charge < -0.3 is 10.1 Å². The summed E-state index contributed by atoms with van der Waals surface area (Å²) < 4.78 is 5.87. The molecule has 0 amide bonds. The minimum atomic E-state index is 0.389. The second kappa shape index (κ2) is 7.90. The van der Waals surface area contributed by atoms with Gasteiger partial charge in [0.05, 0.1) is 15.1 Å². The Balaban J connectivity index is 2.13. The van der Waals surface area contributed by atoms with E-state index in [0.717, 1.165) is 17.7 Å². The van der Waals surface area contributed by atoms with E-state index in [1.807, 2.05) is 24.3 Å². The van der Waals surface area contributed by atoms with Gasteiger partial charge in [0.1, 0.15) is 12.4 Å². The molecule has 0 atom stereocenters. The minimum Gasteiger partial charge on any atom is -0.487 e. The van der Waals surface area contributed by atoms with Crippen LogP contribution in [0.15, 0.2) is 36.4 Å². The largest absolute Gasteiger partial charge is 0.487 e. The number of para-hydroxylation sites is 1. The Hall–Kier alpha value is -0.930. The highest BCUT2D eigenvalue weighted by molar-refractivity contribution is 6.42. The van der Waals surface area contributed by atoms with E-state index in [4.69, 9.17) is 39.5 Å². The third-order valence-electron chi connectivity index (χ3n) is 2.98. The van der Waals surface area contributed by atoms with Gasteiger partial charge in [-0.25, -0.2) is 0 Å². The highest BCUT2D eigenvalue weighted by atomic mass is 35.5. The van der Waals surface area contributed by atoms with Gasteiger partial charge in [-0.15, -0.1) is 0 Å². The van der Waals surface area contributed by atoms with Crippen LogP contribution in [-0.2, 0) is 13.2 Å². The van der Waals surface area contributed by atoms with Crippen molar-refractivity contribution in [2.75, 3.05) is 6.54 Å². The topological polar surface area (TPSA) is 21.3 Å². The Bertz CT molecular complexity index is 616. The molecule has 2 nitrogen and oxygen atoms in total. The van der Waals surface area contributed by atoms with Crippen LogP contribution in [0.1, 0.15) is 18.1 Å². The predicted octanol–water partition coefficient (Wildman–Crippen LogP) is 5.34. The lowest BCUT2D eigenvalue weighted by atomic mass is 10.2. The van der Waals surface area contributed by atoms with E-state index in [9.17, 15) is 0 Å². The lowest BCUT2D eigenvalue weighted by molar-refractivity contribution is 0.302. The molecule has 0 fully saturated rings. The lowest BCUT2D eigenvalue weighted by Gasteiger charge is -2.14. The zero-order valence-corrected chi connectivity index (χ0v) is 13.9. The molecule has 2 aromatic carbocycles. The molecule has 112 valence electrons. The summed E-state index contributed by atoms with van der Waals surface area (Å²) in [6.45, 7) is 4.05. The van der Waals surface area contributed by atoms with Crippen LogP contribution < -0.4 is 10.1 Å². The molecule has 2 rings (SSSR count). The van der Waals surface area contributed by atoms with E-state index in [2.05, 4.69) is 12.2 Å². The first kappa shape index (κ1) is 16.4. The first-order valence-electron chi connectivity index (χ1n) is 6.66. The smallest absolute Gasteiger partial charge is 0.142 e. The van der Waals surface area contributed by atoms with Crippen LogP contribution in [-0.4, -0.2) is 6.54 Å². The highest BCUT2D eigenvalue weighted by Crippen LogP contribution is 2.30. The predicted molar refractivity (Wildman–Crippen MR) is 89.6 cm³/mol. The fraction of sp³-hybridized carbons (Fsp3) is 0.250. The summed E-state index contributed by atoms with van der Waals surface area (Å²) in [7, 11) is 0. The van der Waals surface area contributed by atoms with Gasteiger partial charge in [-0.2, -0.15) is 0 Å². The minimum absolute atomic E-state index is 0.389. The van der Waals surface area contributed by atoms with E-state index in [0.29, 0.717) is 34.0 Å². The maximum absolute atomic E-state index is 6.23. The Morgan fingerprint density at radius 2 is 1.81 bits per heavy atom. The molecule has 0 bridgehead atoms. The molecule has 0 aliphatic carbocycles. The van der Waals surface area contributed by atoms with Crippen molar-refractivity contribution in [2.24, 2.45) is 0 Å². The van der Waals surface area contributed by atoms with Crippen LogP contribution in [0.2, 0.25) is 15.1 Å².